The SMILES string of the molecule is CC(=O)c1cc(Nc2cc(C)n(C(C)(C)C)n2)nc(C[C@@]2(C(=O)OC(C)(C)C)CCN(Cc3cccc(Cl)c3F)[C@H](C)C2)c1F. The Morgan fingerprint density at radius 3 is 2.38 bits per heavy atom. The number of esters is 1. The van der Waals surface area contributed by atoms with E-state index in [1.165, 1.54) is 19.1 Å². The Kier molecular flexibility index (Phi) is 9.81. The van der Waals surface area contributed by atoms with Gasteiger partial charge in [0.25, 0.3) is 0 Å². The molecule has 0 aliphatic carbocycles. The van der Waals surface area contributed by atoms with Crippen LogP contribution in [0.2, 0.25) is 5.02 Å². The van der Waals surface area contributed by atoms with Gasteiger partial charge in [0.1, 0.15) is 17.2 Å². The van der Waals surface area contributed by atoms with Crippen molar-refractivity contribution in [2.75, 3.05) is 11.9 Å². The first kappa shape index (κ1) is 34.5. The van der Waals surface area contributed by atoms with Crippen molar-refractivity contribution in [1.82, 2.24) is 19.7 Å². The van der Waals surface area contributed by atoms with E-state index in [0.717, 1.165) is 5.69 Å². The van der Waals surface area contributed by atoms with Crippen molar-refractivity contribution >= 4 is 35.0 Å². The van der Waals surface area contributed by atoms with Crippen molar-refractivity contribution in [2.24, 2.45) is 5.41 Å². The van der Waals surface area contributed by atoms with Crippen LogP contribution in [0.3, 0.4) is 0 Å². The molecule has 2 aromatic heterocycles. The van der Waals surface area contributed by atoms with E-state index in [9.17, 15) is 14.0 Å². The number of rotatable bonds is 8. The van der Waals surface area contributed by atoms with Crippen molar-refractivity contribution in [3.8, 4) is 0 Å². The summed E-state index contributed by atoms with van der Waals surface area (Å²) in [7, 11) is 0. The standard InChI is InChI=1S/C34H44ClF2N5O3/c1-20-15-28(40-42(20)32(4,5)6)39-27-16-24(22(3)43)30(37)26(38-27)18-34(31(44)45-33(7,8)9)13-14-41(21(2)17-34)19-23-11-10-12-25(35)29(23)36/h10-12,15-16,21H,13-14,17-19H2,1-9H3,(H,38,39,40)/t21-,34-/m1/s1. The number of hydrogen-bond donors (Lipinski definition) is 1. The summed E-state index contributed by atoms with van der Waals surface area (Å²) in [5.74, 6) is -1.41. The van der Waals surface area contributed by atoms with Gasteiger partial charge in [-0.15, -0.1) is 0 Å². The molecule has 0 amide bonds. The molecule has 1 fully saturated rings. The number of likely N-dealkylation sites (tertiary alicyclic amines) is 1. The zero-order valence-corrected chi connectivity index (χ0v) is 28.4. The molecule has 3 heterocycles. The molecule has 1 saturated heterocycles. The Bertz CT molecular complexity index is 1590. The molecule has 1 aliphatic heterocycles. The van der Waals surface area contributed by atoms with Crippen LogP contribution >= 0.6 is 11.6 Å². The number of hydrogen-bond acceptors (Lipinski definition) is 7. The van der Waals surface area contributed by atoms with Gasteiger partial charge in [-0.3, -0.25) is 19.2 Å². The van der Waals surface area contributed by atoms with Crippen LogP contribution in [0.4, 0.5) is 20.4 Å². The summed E-state index contributed by atoms with van der Waals surface area (Å²) in [4.78, 5) is 33.2. The lowest BCUT2D eigenvalue weighted by Crippen LogP contribution is -2.51. The quantitative estimate of drug-likeness (QED) is 0.198. The van der Waals surface area contributed by atoms with Gasteiger partial charge in [0, 0.05) is 36.3 Å². The highest BCUT2D eigenvalue weighted by molar-refractivity contribution is 6.30. The fraction of sp³-hybridized carbons (Fsp3) is 0.529. The molecule has 2 atom stereocenters. The number of carbonyl (C=O) groups is 2. The van der Waals surface area contributed by atoms with Gasteiger partial charge in [0.05, 0.1) is 27.2 Å². The van der Waals surface area contributed by atoms with Crippen LogP contribution in [0.25, 0.3) is 0 Å². The first-order valence-corrected chi connectivity index (χ1v) is 15.6. The molecular weight excluding hydrogens is 600 g/mol. The normalized spacial score (nSPS) is 19.4. The summed E-state index contributed by atoms with van der Waals surface area (Å²) in [6.07, 6.45) is 0.550. The maximum Gasteiger partial charge on any atom is 0.313 e. The predicted octanol–water partition coefficient (Wildman–Crippen LogP) is 7.77. The summed E-state index contributed by atoms with van der Waals surface area (Å²) in [6.45, 7) is 17.4. The van der Waals surface area contributed by atoms with Crippen molar-refractivity contribution < 1.29 is 23.1 Å². The first-order chi connectivity index (χ1) is 20.8. The molecule has 0 spiro atoms. The summed E-state index contributed by atoms with van der Waals surface area (Å²) < 4.78 is 38.5. The van der Waals surface area contributed by atoms with E-state index < -0.39 is 34.4 Å². The summed E-state index contributed by atoms with van der Waals surface area (Å²) in [5.41, 5.74) is -0.943. The van der Waals surface area contributed by atoms with Gasteiger partial charge in [-0.1, -0.05) is 23.7 Å². The maximum absolute atomic E-state index is 16.0. The smallest absolute Gasteiger partial charge is 0.313 e. The second-order valence-electron chi connectivity index (χ2n) is 14.2. The van der Waals surface area contributed by atoms with Crippen LogP contribution in [-0.2, 0) is 28.0 Å². The highest BCUT2D eigenvalue weighted by Gasteiger charge is 2.47. The van der Waals surface area contributed by atoms with Crippen LogP contribution in [0.1, 0.15) is 95.5 Å². The van der Waals surface area contributed by atoms with Crippen LogP contribution in [0.15, 0.2) is 30.3 Å². The Hall–Kier alpha value is -3.37. The Morgan fingerprint density at radius 2 is 1.80 bits per heavy atom. The van der Waals surface area contributed by atoms with E-state index in [2.05, 4.69) is 20.3 Å². The van der Waals surface area contributed by atoms with E-state index in [4.69, 9.17) is 16.3 Å². The third-order valence-electron chi connectivity index (χ3n) is 8.11. The van der Waals surface area contributed by atoms with Crippen LogP contribution < -0.4 is 5.32 Å². The minimum absolute atomic E-state index is 0.00966. The molecule has 0 radical (unpaired) electrons. The van der Waals surface area contributed by atoms with Gasteiger partial charge < -0.3 is 10.1 Å². The zero-order valence-electron chi connectivity index (χ0n) is 27.6. The first-order valence-electron chi connectivity index (χ1n) is 15.2. The fourth-order valence-electron chi connectivity index (χ4n) is 5.99. The number of nitrogens with zero attached hydrogens (tertiary/aromatic N) is 4. The lowest BCUT2D eigenvalue weighted by Gasteiger charge is -2.45. The zero-order chi connectivity index (χ0) is 33.5. The summed E-state index contributed by atoms with van der Waals surface area (Å²) in [5, 5.41) is 7.83. The van der Waals surface area contributed by atoms with Gasteiger partial charge in [0.15, 0.2) is 17.4 Å². The van der Waals surface area contributed by atoms with Crippen molar-refractivity contribution in [3.63, 3.8) is 0 Å². The van der Waals surface area contributed by atoms with Gasteiger partial charge in [-0.25, -0.2) is 13.8 Å². The number of halogens is 3. The minimum atomic E-state index is -1.14. The number of anilines is 2. The Morgan fingerprint density at radius 1 is 1.11 bits per heavy atom. The molecule has 0 unspecified atom stereocenters. The van der Waals surface area contributed by atoms with E-state index >= 15 is 4.39 Å². The number of aryl methyl sites for hydroxylation is 1. The number of ketones is 1. The monoisotopic (exact) mass is 643 g/mol. The summed E-state index contributed by atoms with van der Waals surface area (Å²) in [6, 6.07) is 7.94. The number of piperidine rings is 1. The lowest BCUT2D eigenvalue weighted by molar-refractivity contribution is -0.172. The van der Waals surface area contributed by atoms with E-state index in [0.29, 0.717) is 37.3 Å². The predicted molar refractivity (Wildman–Crippen MR) is 172 cm³/mol. The molecule has 8 nitrogen and oxygen atoms in total. The van der Waals surface area contributed by atoms with Gasteiger partial charge in [-0.2, -0.15) is 5.10 Å². The Labute approximate surface area is 269 Å². The van der Waals surface area contributed by atoms with Gasteiger partial charge in [-0.05, 0) is 93.8 Å². The number of nitrogens with one attached hydrogen (secondary N) is 1. The maximum atomic E-state index is 16.0. The van der Waals surface area contributed by atoms with E-state index in [1.807, 2.05) is 45.4 Å². The lowest BCUT2D eigenvalue weighted by atomic mass is 9.71. The number of aromatic nitrogens is 3. The average Bonchev–Trinajstić information content (AvgIpc) is 3.29. The van der Waals surface area contributed by atoms with E-state index in [1.54, 1.807) is 32.9 Å². The third-order valence-corrected chi connectivity index (χ3v) is 8.41. The number of carbonyl (C=O) groups excluding carboxylic acids is 2. The van der Waals surface area contributed by atoms with Crippen molar-refractivity contribution in [3.05, 3.63) is 69.5 Å². The largest absolute Gasteiger partial charge is 0.460 e. The molecule has 244 valence electrons. The molecule has 4 rings (SSSR count). The summed E-state index contributed by atoms with van der Waals surface area (Å²) >= 11 is 6.02. The number of ether oxygens (including phenoxy) is 1. The second-order valence-corrected chi connectivity index (χ2v) is 14.6. The highest BCUT2D eigenvalue weighted by Crippen LogP contribution is 2.42. The van der Waals surface area contributed by atoms with Crippen LogP contribution in [-0.4, -0.2) is 49.6 Å². The van der Waals surface area contributed by atoms with E-state index in [-0.39, 0.29) is 40.1 Å². The van der Waals surface area contributed by atoms with Crippen LogP contribution in [0, 0.1) is 24.0 Å². The van der Waals surface area contributed by atoms with Gasteiger partial charge >= 0.3 is 5.97 Å². The number of benzene rings is 1. The van der Waals surface area contributed by atoms with Crippen molar-refractivity contribution in [1.29, 1.82) is 0 Å². The average molecular weight is 644 g/mol. The molecule has 1 aliphatic rings. The number of Topliss-reactive ketones (excluding diaryl/α,β-unsaturated/α-hetero) is 1. The molecular formula is C34H44ClF2N5O3. The molecule has 11 heteroatoms. The molecule has 1 N–H and O–H groups in total. The second kappa shape index (κ2) is 12.8. The highest BCUT2D eigenvalue weighted by atomic mass is 35.5. The minimum Gasteiger partial charge on any atom is -0.460 e. The number of pyridine rings is 1. The van der Waals surface area contributed by atoms with Crippen molar-refractivity contribution in [2.45, 2.75) is 105 Å². The molecule has 1 aromatic carbocycles. The fourth-order valence-corrected chi connectivity index (χ4v) is 6.18. The van der Waals surface area contributed by atoms with Crippen LogP contribution in [0.5, 0.6) is 0 Å². The third kappa shape index (κ3) is 7.90. The topological polar surface area (TPSA) is 89.3 Å². The molecule has 3 aromatic rings. The van der Waals surface area contributed by atoms with Gasteiger partial charge in [0.2, 0.25) is 0 Å². The Balaban J connectivity index is 1.70. The molecule has 0 saturated carbocycles. The molecule has 0 bridgehead atoms. The molecule has 45 heavy (non-hydrogen) atoms.